The molecule has 0 aliphatic carbocycles. The Morgan fingerprint density at radius 3 is 2.41 bits per heavy atom. The van der Waals surface area contributed by atoms with Gasteiger partial charge in [0, 0.05) is 19.0 Å². The monoisotopic (exact) mass is 243 g/mol. The van der Waals surface area contributed by atoms with Gasteiger partial charge in [-0.3, -0.25) is 4.79 Å². The highest BCUT2D eigenvalue weighted by atomic mass is 16.1. The molecule has 0 spiro atoms. The van der Waals surface area contributed by atoms with Crippen molar-refractivity contribution in [1.29, 1.82) is 0 Å². The third-order valence-electron chi connectivity index (χ3n) is 2.43. The van der Waals surface area contributed by atoms with Crippen LogP contribution in [0.5, 0.6) is 0 Å². The number of carbonyl (C=O) groups excluding carboxylic acids is 1. The van der Waals surface area contributed by atoms with E-state index in [0.29, 0.717) is 6.42 Å². The van der Waals surface area contributed by atoms with Crippen LogP contribution in [-0.4, -0.2) is 44.0 Å². The van der Waals surface area contributed by atoms with Crippen LogP contribution in [0.3, 0.4) is 0 Å². The van der Waals surface area contributed by atoms with Gasteiger partial charge < -0.3 is 16.0 Å². The zero-order valence-corrected chi connectivity index (χ0v) is 12.0. The first-order valence-electron chi connectivity index (χ1n) is 6.38. The number of nitrogens with zero attached hydrogens (tertiary/aromatic N) is 1. The lowest BCUT2D eigenvalue weighted by Crippen LogP contribution is -2.35. The van der Waals surface area contributed by atoms with Gasteiger partial charge in [0.05, 0.1) is 0 Å². The quantitative estimate of drug-likeness (QED) is 0.661. The molecule has 17 heavy (non-hydrogen) atoms. The first kappa shape index (κ1) is 16.4. The minimum Gasteiger partial charge on any atom is -0.356 e. The Balaban J connectivity index is 3.65. The molecule has 3 N–H and O–H groups in total. The van der Waals surface area contributed by atoms with Crippen LogP contribution in [0.2, 0.25) is 0 Å². The third-order valence-corrected chi connectivity index (χ3v) is 2.43. The zero-order chi connectivity index (χ0) is 13.5. The fourth-order valence-electron chi connectivity index (χ4n) is 1.79. The first-order chi connectivity index (χ1) is 7.70. The van der Waals surface area contributed by atoms with Gasteiger partial charge in [0.2, 0.25) is 5.91 Å². The van der Waals surface area contributed by atoms with E-state index >= 15 is 0 Å². The largest absolute Gasteiger partial charge is 0.356 e. The van der Waals surface area contributed by atoms with Gasteiger partial charge in [0.25, 0.3) is 0 Å². The molecule has 0 saturated carbocycles. The summed E-state index contributed by atoms with van der Waals surface area (Å²) >= 11 is 0. The van der Waals surface area contributed by atoms with Crippen molar-refractivity contribution in [2.24, 2.45) is 11.1 Å². The maximum atomic E-state index is 11.6. The molecule has 1 unspecified atom stereocenters. The minimum atomic E-state index is -0.0381. The van der Waals surface area contributed by atoms with Gasteiger partial charge >= 0.3 is 0 Å². The predicted octanol–water partition coefficient (Wildman–Crippen LogP) is 1.21. The third kappa shape index (κ3) is 11.6. The summed E-state index contributed by atoms with van der Waals surface area (Å²) in [5.41, 5.74) is 6.13. The second kappa shape index (κ2) is 7.67. The van der Waals surface area contributed by atoms with Crippen LogP contribution in [0.4, 0.5) is 0 Å². The summed E-state index contributed by atoms with van der Waals surface area (Å²) in [5.74, 6) is 0.0699. The van der Waals surface area contributed by atoms with Crippen LogP contribution in [0.15, 0.2) is 0 Å². The number of hydrogen-bond acceptors (Lipinski definition) is 3. The summed E-state index contributed by atoms with van der Waals surface area (Å²) in [4.78, 5) is 13.7. The normalized spacial score (nSPS) is 13.8. The average Bonchev–Trinajstić information content (AvgIpc) is 2.08. The van der Waals surface area contributed by atoms with Crippen LogP contribution >= 0.6 is 0 Å². The molecule has 0 aromatic heterocycles. The zero-order valence-electron chi connectivity index (χ0n) is 12.0. The smallest absolute Gasteiger partial charge is 0.221 e. The first-order valence-corrected chi connectivity index (χ1v) is 6.38. The maximum absolute atomic E-state index is 11.6. The van der Waals surface area contributed by atoms with Gasteiger partial charge in [0.1, 0.15) is 0 Å². The molecule has 1 amide bonds. The van der Waals surface area contributed by atoms with Crippen LogP contribution < -0.4 is 11.1 Å². The molecule has 0 bridgehead atoms. The van der Waals surface area contributed by atoms with E-state index in [4.69, 9.17) is 5.73 Å². The summed E-state index contributed by atoms with van der Waals surface area (Å²) in [5, 5.41) is 2.91. The highest BCUT2D eigenvalue weighted by molar-refractivity contribution is 5.76. The lowest BCUT2D eigenvalue weighted by molar-refractivity contribution is -0.121. The van der Waals surface area contributed by atoms with Crippen LogP contribution in [0.25, 0.3) is 0 Å². The van der Waals surface area contributed by atoms with Gasteiger partial charge in [-0.25, -0.2) is 0 Å². The standard InChI is InChI=1S/C13H29N3O/c1-13(2,3)10-11(14)9-12(17)15-7-6-8-16(4)5/h11H,6-10,14H2,1-5H3,(H,15,17). The number of amides is 1. The number of carbonyl (C=O) groups is 1. The Morgan fingerprint density at radius 2 is 1.94 bits per heavy atom. The highest BCUT2D eigenvalue weighted by Crippen LogP contribution is 2.20. The Bertz CT molecular complexity index is 221. The summed E-state index contributed by atoms with van der Waals surface area (Å²) < 4.78 is 0. The van der Waals surface area contributed by atoms with Crippen LogP contribution in [-0.2, 0) is 4.79 Å². The number of nitrogens with one attached hydrogen (secondary N) is 1. The molecule has 0 radical (unpaired) electrons. The van der Waals surface area contributed by atoms with Crippen molar-refractivity contribution in [3.05, 3.63) is 0 Å². The molecule has 0 aliphatic rings. The number of nitrogens with two attached hydrogens (primary N) is 1. The molecular formula is C13H29N3O. The molecule has 0 aliphatic heterocycles. The summed E-state index contributed by atoms with van der Waals surface area (Å²) in [6.07, 6.45) is 2.28. The number of rotatable bonds is 7. The van der Waals surface area contributed by atoms with Crippen molar-refractivity contribution in [3.8, 4) is 0 Å². The predicted molar refractivity (Wildman–Crippen MR) is 72.8 cm³/mol. The summed E-state index contributed by atoms with van der Waals surface area (Å²) in [7, 11) is 4.06. The molecule has 0 aromatic rings. The van der Waals surface area contributed by atoms with E-state index in [1.54, 1.807) is 0 Å². The lowest BCUT2D eigenvalue weighted by atomic mass is 9.87. The van der Waals surface area contributed by atoms with E-state index in [9.17, 15) is 4.79 Å². The van der Waals surface area contributed by atoms with E-state index in [1.807, 2.05) is 14.1 Å². The van der Waals surface area contributed by atoms with Crippen molar-refractivity contribution >= 4 is 5.91 Å². The highest BCUT2D eigenvalue weighted by Gasteiger charge is 2.17. The van der Waals surface area contributed by atoms with Crippen LogP contribution in [0.1, 0.15) is 40.0 Å². The molecule has 0 rings (SSSR count). The fraction of sp³-hybridized carbons (Fsp3) is 0.923. The topological polar surface area (TPSA) is 58.4 Å². The Hall–Kier alpha value is -0.610. The molecule has 0 saturated heterocycles. The fourth-order valence-corrected chi connectivity index (χ4v) is 1.79. The van der Waals surface area contributed by atoms with Gasteiger partial charge in [-0.2, -0.15) is 0 Å². The minimum absolute atomic E-state index is 0.0381. The van der Waals surface area contributed by atoms with Crippen molar-refractivity contribution in [3.63, 3.8) is 0 Å². The van der Waals surface area contributed by atoms with Gasteiger partial charge in [0.15, 0.2) is 0 Å². The molecule has 0 fully saturated rings. The summed E-state index contributed by atoms with van der Waals surface area (Å²) in [6.45, 7) is 8.15. The molecule has 102 valence electrons. The van der Waals surface area contributed by atoms with E-state index in [-0.39, 0.29) is 17.4 Å². The second-order valence-corrected chi connectivity index (χ2v) is 6.24. The van der Waals surface area contributed by atoms with Crippen molar-refractivity contribution in [2.75, 3.05) is 27.2 Å². The molecule has 1 atom stereocenters. The van der Waals surface area contributed by atoms with Gasteiger partial charge in [-0.05, 0) is 38.9 Å². The van der Waals surface area contributed by atoms with E-state index < -0.39 is 0 Å². The van der Waals surface area contributed by atoms with Crippen molar-refractivity contribution < 1.29 is 4.79 Å². The molecule has 4 nitrogen and oxygen atoms in total. The van der Waals surface area contributed by atoms with E-state index in [0.717, 1.165) is 25.9 Å². The van der Waals surface area contributed by atoms with Crippen LogP contribution in [0, 0.1) is 5.41 Å². The van der Waals surface area contributed by atoms with Gasteiger partial charge in [-0.1, -0.05) is 20.8 Å². The Labute approximate surface area is 106 Å². The second-order valence-electron chi connectivity index (χ2n) is 6.24. The van der Waals surface area contributed by atoms with Crippen molar-refractivity contribution in [2.45, 2.75) is 46.1 Å². The summed E-state index contributed by atoms with van der Waals surface area (Å²) in [6, 6.07) is -0.0381. The molecule has 4 heteroatoms. The number of hydrogen-bond donors (Lipinski definition) is 2. The Kier molecular flexibility index (Phi) is 7.39. The lowest BCUT2D eigenvalue weighted by Gasteiger charge is -2.22. The molecular weight excluding hydrogens is 214 g/mol. The van der Waals surface area contributed by atoms with Crippen molar-refractivity contribution in [1.82, 2.24) is 10.2 Å². The van der Waals surface area contributed by atoms with E-state index in [2.05, 4.69) is 31.0 Å². The SMILES string of the molecule is CN(C)CCCNC(=O)CC(N)CC(C)(C)C. The average molecular weight is 243 g/mol. The maximum Gasteiger partial charge on any atom is 0.221 e. The Morgan fingerprint density at radius 1 is 1.35 bits per heavy atom. The molecule has 0 aromatic carbocycles. The molecule has 0 heterocycles. The van der Waals surface area contributed by atoms with Gasteiger partial charge in [-0.15, -0.1) is 0 Å². The van der Waals surface area contributed by atoms with E-state index in [1.165, 1.54) is 0 Å².